The van der Waals surface area contributed by atoms with Crippen LogP contribution < -0.4 is 10.6 Å². The third kappa shape index (κ3) is 4.33. The monoisotopic (exact) mass is 359 g/mol. The van der Waals surface area contributed by atoms with Crippen LogP contribution in [-0.2, 0) is 11.2 Å². The number of aromatic nitrogens is 2. The minimum atomic E-state index is -0.417. The van der Waals surface area contributed by atoms with Crippen LogP contribution in [0.5, 0.6) is 0 Å². The van der Waals surface area contributed by atoms with Gasteiger partial charge in [-0.1, -0.05) is 31.2 Å². The molecule has 0 aliphatic carbocycles. The lowest BCUT2D eigenvalue weighted by atomic mass is 10.0. The van der Waals surface area contributed by atoms with E-state index in [1.807, 2.05) is 55.5 Å². The number of rotatable bonds is 6. The smallest absolute Gasteiger partial charge is 0.263 e. The van der Waals surface area contributed by atoms with Gasteiger partial charge >= 0.3 is 0 Å². The zero-order chi connectivity index (χ0) is 19.2. The average Bonchev–Trinajstić information content (AvgIpc) is 3.16. The maximum atomic E-state index is 12.4. The van der Waals surface area contributed by atoms with Crippen LogP contribution in [0.2, 0.25) is 0 Å². The van der Waals surface area contributed by atoms with Gasteiger partial charge in [0, 0.05) is 17.3 Å². The summed E-state index contributed by atoms with van der Waals surface area (Å²) in [5.41, 5.74) is 3.89. The van der Waals surface area contributed by atoms with E-state index in [0.29, 0.717) is 0 Å². The lowest BCUT2D eigenvalue weighted by molar-refractivity contribution is -0.117. The Morgan fingerprint density at radius 1 is 1.30 bits per heavy atom. The van der Waals surface area contributed by atoms with Gasteiger partial charge < -0.3 is 10.6 Å². The summed E-state index contributed by atoms with van der Waals surface area (Å²) in [6.45, 7) is 3.99. The highest BCUT2D eigenvalue weighted by molar-refractivity contribution is 5.97. The summed E-state index contributed by atoms with van der Waals surface area (Å²) in [6, 6.07) is 15.5. The van der Waals surface area contributed by atoms with E-state index in [2.05, 4.69) is 27.8 Å². The number of aryl methyl sites for hydroxylation is 1. The fourth-order valence-corrected chi connectivity index (χ4v) is 2.73. The van der Waals surface area contributed by atoms with E-state index in [-0.39, 0.29) is 11.6 Å². The fraction of sp³-hybridized carbons (Fsp3) is 0.190. The van der Waals surface area contributed by atoms with E-state index in [9.17, 15) is 10.1 Å². The predicted molar refractivity (Wildman–Crippen MR) is 106 cm³/mol. The van der Waals surface area contributed by atoms with Crippen molar-refractivity contribution in [2.45, 2.75) is 26.3 Å². The number of H-pyrrole nitrogens is 1. The van der Waals surface area contributed by atoms with Gasteiger partial charge in [-0.3, -0.25) is 9.89 Å². The predicted octanol–water partition coefficient (Wildman–Crippen LogP) is 3.82. The van der Waals surface area contributed by atoms with Gasteiger partial charge in [-0.15, -0.1) is 0 Å². The molecule has 0 saturated carbocycles. The van der Waals surface area contributed by atoms with Crippen LogP contribution in [0.1, 0.15) is 31.0 Å². The van der Waals surface area contributed by atoms with E-state index in [0.717, 1.165) is 28.6 Å². The SMILES string of the molecule is CCc1ccc(C(C)NC(=O)/C(C#N)=C\Nc2ccc3cn[nH]c3c2)cc1. The second-order valence-corrected chi connectivity index (χ2v) is 6.28. The number of aromatic amines is 1. The molecule has 6 nitrogen and oxygen atoms in total. The van der Waals surface area contributed by atoms with Gasteiger partial charge in [0.15, 0.2) is 0 Å². The molecule has 1 heterocycles. The first kappa shape index (κ1) is 18.2. The van der Waals surface area contributed by atoms with Crippen LogP contribution in [0.3, 0.4) is 0 Å². The zero-order valence-electron chi connectivity index (χ0n) is 15.3. The maximum absolute atomic E-state index is 12.4. The van der Waals surface area contributed by atoms with Crippen LogP contribution in [0.25, 0.3) is 10.9 Å². The molecular weight excluding hydrogens is 338 g/mol. The van der Waals surface area contributed by atoms with Gasteiger partial charge in [0.1, 0.15) is 11.6 Å². The fourth-order valence-electron chi connectivity index (χ4n) is 2.73. The highest BCUT2D eigenvalue weighted by Crippen LogP contribution is 2.17. The van der Waals surface area contributed by atoms with E-state index in [4.69, 9.17) is 0 Å². The van der Waals surface area contributed by atoms with Crippen LogP contribution in [0.4, 0.5) is 5.69 Å². The molecule has 0 aliphatic rings. The molecule has 3 N–H and O–H groups in total. The van der Waals surface area contributed by atoms with Gasteiger partial charge in [-0.25, -0.2) is 0 Å². The number of carbonyl (C=O) groups is 1. The van der Waals surface area contributed by atoms with Crippen LogP contribution in [0, 0.1) is 11.3 Å². The van der Waals surface area contributed by atoms with E-state index in [1.54, 1.807) is 6.20 Å². The Labute approximate surface area is 157 Å². The van der Waals surface area contributed by atoms with Gasteiger partial charge in [0.2, 0.25) is 0 Å². The molecule has 3 aromatic rings. The molecule has 0 bridgehead atoms. The van der Waals surface area contributed by atoms with Gasteiger partial charge in [0.05, 0.1) is 17.8 Å². The number of carbonyl (C=O) groups excluding carboxylic acids is 1. The number of nitriles is 1. The summed E-state index contributed by atoms with van der Waals surface area (Å²) >= 11 is 0. The molecule has 1 unspecified atom stereocenters. The Bertz CT molecular complexity index is 1010. The normalized spacial score (nSPS) is 12.4. The molecular formula is C21H21N5O. The number of nitrogens with one attached hydrogen (secondary N) is 3. The maximum Gasteiger partial charge on any atom is 0.263 e. The first-order valence-electron chi connectivity index (χ1n) is 8.80. The summed E-state index contributed by atoms with van der Waals surface area (Å²) in [5.74, 6) is -0.417. The van der Waals surface area contributed by atoms with Crippen molar-refractivity contribution in [2.24, 2.45) is 0 Å². The average molecular weight is 359 g/mol. The largest absolute Gasteiger partial charge is 0.360 e. The molecule has 1 atom stereocenters. The molecule has 2 aromatic carbocycles. The highest BCUT2D eigenvalue weighted by Gasteiger charge is 2.13. The van der Waals surface area contributed by atoms with Crippen molar-refractivity contribution in [1.29, 1.82) is 5.26 Å². The summed E-state index contributed by atoms with van der Waals surface area (Å²) in [4.78, 5) is 12.4. The van der Waals surface area contributed by atoms with Crippen molar-refractivity contribution in [1.82, 2.24) is 15.5 Å². The number of hydrogen-bond acceptors (Lipinski definition) is 4. The minimum absolute atomic E-state index is 0.0109. The molecule has 0 aliphatic heterocycles. The Morgan fingerprint density at radius 2 is 2.07 bits per heavy atom. The van der Waals surface area contributed by atoms with E-state index in [1.165, 1.54) is 11.8 Å². The number of benzene rings is 2. The first-order valence-corrected chi connectivity index (χ1v) is 8.80. The molecule has 1 amide bonds. The van der Waals surface area contributed by atoms with Crippen LogP contribution in [-0.4, -0.2) is 16.1 Å². The molecule has 1 aromatic heterocycles. The third-order valence-electron chi connectivity index (χ3n) is 4.43. The van der Waals surface area contributed by atoms with E-state index >= 15 is 0 Å². The zero-order valence-corrected chi connectivity index (χ0v) is 15.3. The standard InChI is InChI=1S/C21H21N5O/c1-3-15-4-6-16(7-5-15)14(2)25-21(27)18(11-22)12-23-19-9-8-17-13-24-26-20(17)10-19/h4-10,12-14,23H,3H2,1-2H3,(H,24,26)(H,25,27)/b18-12-. The van der Waals surface area contributed by atoms with Crippen molar-refractivity contribution in [3.05, 3.63) is 71.6 Å². The molecule has 136 valence electrons. The van der Waals surface area contributed by atoms with Gasteiger partial charge in [0.25, 0.3) is 5.91 Å². The lowest BCUT2D eigenvalue weighted by Crippen LogP contribution is -2.28. The minimum Gasteiger partial charge on any atom is -0.360 e. The third-order valence-corrected chi connectivity index (χ3v) is 4.43. The van der Waals surface area contributed by atoms with E-state index < -0.39 is 5.91 Å². The number of amides is 1. The number of fused-ring (bicyclic) bond motifs is 1. The first-order chi connectivity index (χ1) is 13.1. The van der Waals surface area contributed by atoms with Gasteiger partial charge in [-0.05, 0) is 42.7 Å². The van der Waals surface area contributed by atoms with Crippen molar-refractivity contribution in [3.8, 4) is 6.07 Å². The Hall–Kier alpha value is -3.59. The molecule has 0 saturated heterocycles. The van der Waals surface area contributed by atoms with Crippen LogP contribution in [0.15, 0.2) is 60.4 Å². The summed E-state index contributed by atoms with van der Waals surface area (Å²) in [6.07, 6.45) is 4.12. The van der Waals surface area contributed by atoms with Crippen LogP contribution >= 0.6 is 0 Å². The van der Waals surface area contributed by atoms with Crippen molar-refractivity contribution in [2.75, 3.05) is 5.32 Å². The molecule has 0 spiro atoms. The molecule has 3 rings (SSSR count). The molecule has 6 heteroatoms. The second kappa shape index (κ2) is 8.19. The molecule has 0 radical (unpaired) electrons. The Kier molecular flexibility index (Phi) is 5.53. The van der Waals surface area contributed by atoms with Gasteiger partial charge in [-0.2, -0.15) is 10.4 Å². The summed E-state index contributed by atoms with van der Waals surface area (Å²) < 4.78 is 0. The molecule has 27 heavy (non-hydrogen) atoms. The second-order valence-electron chi connectivity index (χ2n) is 6.28. The van der Waals surface area contributed by atoms with Crippen molar-refractivity contribution in [3.63, 3.8) is 0 Å². The lowest BCUT2D eigenvalue weighted by Gasteiger charge is -2.14. The summed E-state index contributed by atoms with van der Waals surface area (Å²) in [5, 5.41) is 23.0. The number of hydrogen-bond donors (Lipinski definition) is 3. The highest BCUT2D eigenvalue weighted by atomic mass is 16.1. The van der Waals surface area contributed by atoms with Crippen molar-refractivity contribution < 1.29 is 4.79 Å². The topological polar surface area (TPSA) is 93.6 Å². The molecule has 0 fully saturated rings. The Balaban J connectivity index is 1.67. The quantitative estimate of drug-likeness (QED) is 0.461. The van der Waals surface area contributed by atoms with Crippen molar-refractivity contribution >= 4 is 22.5 Å². The Morgan fingerprint density at radius 3 is 2.78 bits per heavy atom. The summed E-state index contributed by atoms with van der Waals surface area (Å²) in [7, 11) is 0. The number of nitrogens with zero attached hydrogens (tertiary/aromatic N) is 2. The number of anilines is 1.